The van der Waals surface area contributed by atoms with E-state index in [1.165, 1.54) is 11.8 Å². The van der Waals surface area contributed by atoms with Gasteiger partial charge in [-0.25, -0.2) is 5.10 Å². The zero-order valence-electron chi connectivity index (χ0n) is 8.65. The highest BCUT2D eigenvalue weighted by Gasteiger charge is 2.34. The minimum atomic E-state index is -0.417. The van der Waals surface area contributed by atoms with E-state index in [1.54, 1.807) is 6.20 Å². The second kappa shape index (κ2) is 3.77. The molecule has 9 heteroatoms. The van der Waals surface area contributed by atoms with Crippen LogP contribution in [0, 0.1) is 0 Å². The standard InChI is InChI=1S/C8H9N7OS/c9-6(16)5-4-14-2-1-3-15(8(14)17-5)7-10-12-13-11-7/h1,3-4,8H,2H2,(H2,9,16)(H,10,11,12,13). The molecule has 0 aliphatic carbocycles. The van der Waals surface area contributed by atoms with Gasteiger partial charge in [0.2, 0.25) is 5.95 Å². The van der Waals surface area contributed by atoms with Gasteiger partial charge in [-0.05, 0) is 16.5 Å². The molecular formula is C8H9N7OS. The van der Waals surface area contributed by atoms with Gasteiger partial charge in [-0.1, -0.05) is 16.9 Å². The Kier molecular flexibility index (Phi) is 2.25. The van der Waals surface area contributed by atoms with Crippen molar-refractivity contribution in [2.45, 2.75) is 5.50 Å². The summed E-state index contributed by atoms with van der Waals surface area (Å²) in [6.07, 6.45) is 5.60. The summed E-state index contributed by atoms with van der Waals surface area (Å²) < 4.78 is 0. The summed E-state index contributed by atoms with van der Waals surface area (Å²) in [5.41, 5.74) is 5.20. The summed E-state index contributed by atoms with van der Waals surface area (Å²) in [5.74, 6) is 0.114. The van der Waals surface area contributed by atoms with Crippen LogP contribution in [0.3, 0.4) is 0 Å². The smallest absolute Gasteiger partial charge is 0.256 e. The first kappa shape index (κ1) is 10.1. The Bertz CT molecular complexity index is 496. The number of tetrazole rings is 1. The fourth-order valence-electron chi connectivity index (χ4n) is 1.70. The first-order valence-electron chi connectivity index (χ1n) is 4.88. The van der Waals surface area contributed by atoms with Crippen molar-refractivity contribution >= 4 is 23.6 Å². The molecule has 88 valence electrons. The van der Waals surface area contributed by atoms with E-state index >= 15 is 0 Å². The van der Waals surface area contributed by atoms with E-state index in [1.807, 2.05) is 22.1 Å². The van der Waals surface area contributed by atoms with E-state index in [-0.39, 0.29) is 5.50 Å². The summed E-state index contributed by atoms with van der Waals surface area (Å²) in [7, 11) is 0. The molecule has 0 aromatic carbocycles. The van der Waals surface area contributed by atoms with Crippen LogP contribution in [0.15, 0.2) is 23.4 Å². The van der Waals surface area contributed by atoms with Crippen molar-refractivity contribution in [3.8, 4) is 0 Å². The summed E-state index contributed by atoms with van der Waals surface area (Å²) >= 11 is 1.38. The van der Waals surface area contributed by atoms with Crippen molar-refractivity contribution in [1.29, 1.82) is 0 Å². The molecule has 0 spiro atoms. The van der Waals surface area contributed by atoms with Crippen molar-refractivity contribution in [2.75, 3.05) is 11.4 Å². The quantitative estimate of drug-likeness (QED) is 0.708. The number of anilines is 1. The van der Waals surface area contributed by atoms with Crippen LogP contribution in [0.4, 0.5) is 5.95 Å². The number of fused-ring (bicyclic) bond motifs is 1. The molecule has 1 unspecified atom stereocenters. The number of nitrogens with one attached hydrogen (secondary N) is 1. The zero-order valence-corrected chi connectivity index (χ0v) is 9.46. The summed E-state index contributed by atoms with van der Waals surface area (Å²) in [6, 6.07) is 0. The number of nitrogens with zero attached hydrogens (tertiary/aromatic N) is 5. The first-order chi connectivity index (χ1) is 8.25. The number of primary amides is 1. The summed E-state index contributed by atoms with van der Waals surface area (Å²) in [5, 5.41) is 13.6. The van der Waals surface area contributed by atoms with Gasteiger partial charge in [0.25, 0.3) is 5.91 Å². The number of aromatic amines is 1. The minimum absolute atomic E-state index is 0.0720. The Morgan fingerprint density at radius 2 is 2.53 bits per heavy atom. The van der Waals surface area contributed by atoms with Crippen molar-refractivity contribution < 1.29 is 4.79 Å². The average Bonchev–Trinajstić information content (AvgIpc) is 2.97. The average molecular weight is 251 g/mol. The van der Waals surface area contributed by atoms with Gasteiger partial charge in [0.1, 0.15) is 0 Å². The largest absolute Gasteiger partial charge is 0.365 e. The lowest BCUT2D eigenvalue weighted by molar-refractivity contribution is -0.113. The van der Waals surface area contributed by atoms with Crippen LogP contribution in [0.25, 0.3) is 0 Å². The van der Waals surface area contributed by atoms with Crippen molar-refractivity contribution in [3.63, 3.8) is 0 Å². The van der Waals surface area contributed by atoms with Crippen LogP contribution in [0.2, 0.25) is 0 Å². The van der Waals surface area contributed by atoms with Gasteiger partial charge >= 0.3 is 0 Å². The molecule has 0 fully saturated rings. The van der Waals surface area contributed by atoms with Crippen LogP contribution in [0.1, 0.15) is 0 Å². The molecule has 2 aliphatic rings. The van der Waals surface area contributed by atoms with E-state index in [0.717, 1.165) is 6.54 Å². The molecule has 3 heterocycles. The summed E-state index contributed by atoms with van der Waals surface area (Å²) in [4.78, 5) is 15.5. The number of nitrogens with two attached hydrogens (primary N) is 1. The Morgan fingerprint density at radius 3 is 3.24 bits per heavy atom. The number of carbonyl (C=O) groups excluding carboxylic acids is 1. The third-order valence-electron chi connectivity index (χ3n) is 2.44. The lowest BCUT2D eigenvalue weighted by Gasteiger charge is -2.34. The molecule has 1 aromatic heterocycles. The number of carbonyl (C=O) groups is 1. The molecule has 0 saturated heterocycles. The molecule has 0 bridgehead atoms. The molecule has 3 rings (SSSR count). The van der Waals surface area contributed by atoms with E-state index < -0.39 is 5.91 Å². The first-order valence-corrected chi connectivity index (χ1v) is 5.76. The number of hydrogen-bond donors (Lipinski definition) is 2. The third kappa shape index (κ3) is 1.64. The predicted molar refractivity (Wildman–Crippen MR) is 61.2 cm³/mol. The zero-order chi connectivity index (χ0) is 11.8. The number of H-pyrrole nitrogens is 1. The third-order valence-corrected chi connectivity index (χ3v) is 3.71. The maximum absolute atomic E-state index is 11.2. The monoisotopic (exact) mass is 251 g/mol. The topological polar surface area (TPSA) is 104 Å². The van der Waals surface area contributed by atoms with E-state index in [2.05, 4.69) is 20.6 Å². The molecular weight excluding hydrogens is 242 g/mol. The van der Waals surface area contributed by atoms with Gasteiger partial charge in [0.05, 0.1) is 4.91 Å². The molecule has 0 saturated carbocycles. The normalized spacial score (nSPS) is 22.6. The Labute approximate surface area is 101 Å². The van der Waals surface area contributed by atoms with E-state index in [4.69, 9.17) is 5.73 Å². The second-order valence-corrected chi connectivity index (χ2v) is 4.61. The number of thioether (sulfide) groups is 1. The van der Waals surface area contributed by atoms with E-state index in [0.29, 0.717) is 10.9 Å². The van der Waals surface area contributed by atoms with Gasteiger partial charge in [-0.2, -0.15) is 0 Å². The minimum Gasteiger partial charge on any atom is -0.365 e. The highest BCUT2D eigenvalue weighted by atomic mass is 32.2. The van der Waals surface area contributed by atoms with Gasteiger partial charge in [0, 0.05) is 18.9 Å². The highest BCUT2D eigenvalue weighted by molar-refractivity contribution is 8.04. The van der Waals surface area contributed by atoms with Gasteiger partial charge in [-0.3, -0.25) is 9.69 Å². The fraction of sp³-hybridized carbons (Fsp3) is 0.250. The van der Waals surface area contributed by atoms with E-state index in [9.17, 15) is 4.79 Å². The van der Waals surface area contributed by atoms with Crippen molar-refractivity contribution in [3.05, 3.63) is 23.4 Å². The highest BCUT2D eigenvalue weighted by Crippen LogP contribution is 2.37. The number of amides is 1. The summed E-state index contributed by atoms with van der Waals surface area (Å²) in [6.45, 7) is 0.729. The van der Waals surface area contributed by atoms with Crippen LogP contribution >= 0.6 is 11.8 Å². The Balaban J connectivity index is 1.88. The van der Waals surface area contributed by atoms with Gasteiger partial charge in [0.15, 0.2) is 5.50 Å². The molecule has 8 nitrogen and oxygen atoms in total. The fourth-order valence-corrected chi connectivity index (χ4v) is 2.81. The molecule has 0 radical (unpaired) electrons. The number of aromatic nitrogens is 4. The Hall–Kier alpha value is -2.03. The lowest BCUT2D eigenvalue weighted by atomic mass is 10.4. The van der Waals surface area contributed by atoms with Crippen LogP contribution in [-0.2, 0) is 4.79 Å². The Morgan fingerprint density at radius 1 is 1.65 bits per heavy atom. The van der Waals surface area contributed by atoms with Crippen molar-refractivity contribution in [2.24, 2.45) is 5.73 Å². The molecule has 3 N–H and O–H groups in total. The molecule has 1 aromatic rings. The van der Waals surface area contributed by atoms with Crippen LogP contribution in [0.5, 0.6) is 0 Å². The molecule has 2 aliphatic heterocycles. The number of hydrogen-bond acceptors (Lipinski definition) is 7. The SMILES string of the molecule is NC(=O)C1=CN2CC=CN(c3nnn[nH]3)C2S1. The second-order valence-electron chi connectivity index (χ2n) is 3.52. The maximum Gasteiger partial charge on any atom is 0.256 e. The van der Waals surface area contributed by atoms with Gasteiger partial charge in [-0.15, -0.1) is 0 Å². The molecule has 17 heavy (non-hydrogen) atoms. The van der Waals surface area contributed by atoms with Crippen LogP contribution < -0.4 is 10.6 Å². The molecule has 1 amide bonds. The number of rotatable bonds is 2. The van der Waals surface area contributed by atoms with Crippen LogP contribution in [-0.4, -0.2) is 43.5 Å². The van der Waals surface area contributed by atoms with Crippen molar-refractivity contribution in [1.82, 2.24) is 25.5 Å². The maximum atomic E-state index is 11.2. The predicted octanol–water partition coefficient (Wildman–Crippen LogP) is -0.808. The molecule has 1 atom stereocenters. The lowest BCUT2D eigenvalue weighted by Crippen LogP contribution is -2.42. The van der Waals surface area contributed by atoms with Gasteiger partial charge < -0.3 is 10.6 Å².